The number of benzene rings is 1. The molecular formula is C22H24N4O2S. The van der Waals surface area contributed by atoms with Crippen LogP contribution in [-0.4, -0.2) is 40.1 Å². The van der Waals surface area contributed by atoms with Crippen LogP contribution in [0.3, 0.4) is 0 Å². The molecule has 3 heterocycles. The molecular weight excluding hydrogens is 384 g/mol. The molecule has 2 aromatic heterocycles. The van der Waals surface area contributed by atoms with E-state index in [9.17, 15) is 4.79 Å². The maximum Gasteiger partial charge on any atom is 0.252 e. The molecule has 0 bridgehead atoms. The van der Waals surface area contributed by atoms with Gasteiger partial charge in [-0.15, -0.1) is 0 Å². The molecule has 29 heavy (non-hydrogen) atoms. The van der Waals surface area contributed by atoms with E-state index in [2.05, 4.69) is 44.6 Å². The van der Waals surface area contributed by atoms with Gasteiger partial charge < -0.3 is 9.84 Å². The molecule has 0 spiro atoms. The van der Waals surface area contributed by atoms with E-state index in [1.165, 1.54) is 5.56 Å². The fraction of sp³-hybridized carbons (Fsp3) is 0.409. The van der Waals surface area contributed by atoms with Crippen molar-refractivity contribution in [2.24, 2.45) is 5.92 Å². The lowest BCUT2D eigenvalue weighted by molar-refractivity contribution is 0.0934. The van der Waals surface area contributed by atoms with Crippen molar-refractivity contribution in [1.82, 2.24) is 20.4 Å². The van der Waals surface area contributed by atoms with Gasteiger partial charge in [-0.05, 0) is 42.7 Å². The summed E-state index contributed by atoms with van der Waals surface area (Å²) >= 11 is 1.54. The number of hydrogen-bond donors (Lipinski definition) is 1. The summed E-state index contributed by atoms with van der Waals surface area (Å²) < 4.78 is 5.68. The van der Waals surface area contributed by atoms with Crippen LogP contribution >= 0.6 is 11.3 Å². The van der Waals surface area contributed by atoms with Crippen molar-refractivity contribution in [2.45, 2.75) is 37.8 Å². The van der Waals surface area contributed by atoms with Crippen LogP contribution in [0.1, 0.15) is 40.5 Å². The summed E-state index contributed by atoms with van der Waals surface area (Å²) in [5.74, 6) is 1.79. The van der Waals surface area contributed by atoms with Crippen molar-refractivity contribution >= 4 is 17.2 Å². The van der Waals surface area contributed by atoms with E-state index >= 15 is 0 Å². The number of carbonyl (C=O) groups excluding carboxylic acids is 1. The van der Waals surface area contributed by atoms with Crippen LogP contribution in [0.4, 0.5) is 0 Å². The molecule has 3 aromatic rings. The van der Waals surface area contributed by atoms with E-state index in [4.69, 9.17) is 4.52 Å². The maximum atomic E-state index is 12.6. The van der Waals surface area contributed by atoms with Gasteiger partial charge in [0.1, 0.15) is 0 Å². The SMILES string of the molecule is Cc1noc([C@]23C[C@H](NC(=O)c4ccsc4)C[C@H]2CN(Cc2ccccc2)C3)n1. The van der Waals surface area contributed by atoms with Crippen LogP contribution < -0.4 is 5.32 Å². The highest BCUT2D eigenvalue weighted by atomic mass is 32.1. The average molecular weight is 409 g/mol. The highest BCUT2D eigenvalue weighted by Gasteiger charge is 2.57. The van der Waals surface area contributed by atoms with Crippen molar-refractivity contribution in [3.63, 3.8) is 0 Å². The number of thiophene rings is 1. The standard InChI is InChI=1S/C22H24N4O2S/c1-15-23-21(28-25-15)22-10-19(24-20(27)17-7-8-29-13-17)9-18(22)12-26(14-22)11-16-5-3-2-4-6-16/h2-8,13,18-19H,9-12,14H2,1H3,(H,24,27)/t18-,19+,22-/m0/s1. The molecule has 5 rings (SSSR count). The number of hydrogen-bond acceptors (Lipinski definition) is 6. The minimum absolute atomic E-state index is 0.00854. The van der Waals surface area contributed by atoms with Gasteiger partial charge in [0.05, 0.1) is 5.41 Å². The Morgan fingerprint density at radius 3 is 2.93 bits per heavy atom. The average Bonchev–Trinajstić information content (AvgIpc) is 3.46. The van der Waals surface area contributed by atoms with Gasteiger partial charge in [-0.1, -0.05) is 35.5 Å². The first-order valence-corrected chi connectivity index (χ1v) is 11.0. The zero-order valence-electron chi connectivity index (χ0n) is 16.4. The molecule has 2 aliphatic rings. The lowest BCUT2D eigenvalue weighted by Crippen LogP contribution is -2.38. The fourth-order valence-electron chi connectivity index (χ4n) is 5.04. The number of rotatable bonds is 5. The second-order valence-electron chi connectivity index (χ2n) is 8.28. The second-order valence-corrected chi connectivity index (χ2v) is 9.06. The number of carbonyl (C=O) groups is 1. The summed E-state index contributed by atoms with van der Waals surface area (Å²) in [6, 6.07) is 12.5. The molecule has 0 unspecified atom stereocenters. The minimum Gasteiger partial charge on any atom is -0.349 e. The van der Waals surface area contributed by atoms with Crippen LogP contribution in [-0.2, 0) is 12.0 Å². The van der Waals surface area contributed by atoms with Gasteiger partial charge >= 0.3 is 0 Å². The summed E-state index contributed by atoms with van der Waals surface area (Å²) in [5.41, 5.74) is 1.86. The topological polar surface area (TPSA) is 71.3 Å². The van der Waals surface area contributed by atoms with Crippen LogP contribution in [0.15, 0.2) is 51.7 Å². The molecule has 0 radical (unpaired) electrons. The Bertz CT molecular complexity index is 987. The van der Waals surface area contributed by atoms with Gasteiger partial charge in [0.2, 0.25) is 5.89 Å². The number of amides is 1. The number of nitrogens with one attached hydrogen (secondary N) is 1. The molecule has 2 fully saturated rings. The van der Waals surface area contributed by atoms with E-state index in [0.29, 0.717) is 11.7 Å². The number of nitrogens with zero attached hydrogens (tertiary/aromatic N) is 3. The predicted molar refractivity (Wildman–Crippen MR) is 111 cm³/mol. The van der Waals surface area contributed by atoms with Crippen LogP contribution in [0.25, 0.3) is 0 Å². The first kappa shape index (κ1) is 18.5. The van der Waals surface area contributed by atoms with Gasteiger partial charge in [-0.3, -0.25) is 9.69 Å². The molecule has 1 saturated carbocycles. The lowest BCUT2D eigenvalue weighted by atomic mass is 9.80. The molecule has 3 atom stereocenters. The first-order valence-electron chi connectivity index (χ1n) is 10.0. The molecule has 1 amide bonds. The summed E-state index contributed by atoms with van der Waals surface area (Å²) in [7, 11) is 0. The van der Waals surface area contributed by atoms with Crippen molar-refractivity contribution < 1.29 is 9.32 Å². The fourth-order valence-corrected chi connectivity index (χ4v) is 5.68. The number of fused-ring (bicyclic) bond motifs is 1. The van der Waals surface area contributed by atoms with Gasteiger partial charge in [0.25, 0.3) is 5.91 Å². The van der Waals surface area contributed by atoms with E-state index in [1.54, 1.807) is 11.3 Å². The number of aromatic nitrogens is 2. The largest absolute Gasteiger partial charge is 0.349 e. The van der Waals surface area contributed by atoms with Gasteiger partial charge in [-0.25, -0.2) is 0 Å². The Morgan fingerprint density at radius 2 is 2.21 bits per heavy atom. The molecule has 7 heteroatoms. The molecule has 1 aliphatic carbocycles. The van der Waals surface area contributed by atoms with Crippen molar-refractivity contribution in [2.75, 3.05) is 13.1 Å². The third kappa shape index (κ3) is 3.49. The Hall–Kier alpha value is -2.51. The van der Waals surface area contributed by atoms with Gasteiger partial charge in [-0.2, -0.15) is 16.3 Å². The number of aryl methyl sites for hydroxylation is 1. The summed E-state index contributed by atoms with van der Waals surface area (Å²) in [6.45, 7) is 4.62. The van der Waals surface area contributed by atoms with Crippen molar-refractivity contribution in [1.29, 1.82) is 0 Å². The van der Waals surface area contributed by atoms with Crippen molar-refractivity contribution in [3.8, 4) is 0 Å². The van der Waals surface area contributed by atoms with Gasteiger partial charge in [0, 0.05) is 36.6 Å². The summed E-state index contributed by atoms with van der Waals surface area (Å²) in [5, 5.41) is 11.1. The third-order valence-corrected chi connectivity index (χ3v) is 6.95. The minimum atomic E-state index is -0.192. The van der Waals surface area contributed by atoms with E-state index in [1.807, 2.05) is 29.8 Å². The van der Waals surface area contributed by atoms with E-state index < -0.39 is 0 Å². The summed E-state index contributed by atoms with van der Waals surface area (Å²) in [6.07, 6.45) is 1.77. The monoisotopic (exact) mass is 408 g/mol. The highest BCUT2D eigenvalue weighted by molar-refractivity contribution is 7.08. The zero-order chi connectivity index (χ0) is 19.8. The Morgan fingerprint density at radius 1 is 1.34 bits per heavy atom. The molecule has 1 aliphatic heterocycles. The normalized spacial score (nSPS) is 26.5. The second kappa shape index (κ2) is 7.39. The van der Waals surface area contributed by atoms with Gasteiger partial charge in [0.15, 0.2) is 5.82 Å². The Balaban J connectivity index is 1.36. The van der Waals surface area contributed by atoms with Crippen molar-refractivity contribution in [3.05, 3.63) is 70.0 Å². The first-order chi connectivity index (χ1) is 14.1. The Labute approximate surface area is 173 Å². The van der Waals surface area contributed by atoms with E-state index in [0.717, 1.165) is 43.9 Å². The van der Waals surface area contributed by atoms with Crippen LogP contribution in [0.5, 0.6) is 0 Å². The van der Waals surface area contributed by atoms with Crippen LogP contribution in [0, 0.1) is 12.8 Å². The third-order valence-electron chi connectivity index (χ3n) is 6.27. The smallest absolute Gasteiger partial charge is 0.252 e. The number of likely N-dealkylation sites (tertiary alicyclic amines) is 1. The summed E-state index contributed by atoms with van der Waals surface area (Å²) in [4.78, 5) is 19.7. The predicted octanol–water partition coefficient (Wildman–Crippen LogP) is 3.40. The molecule has 1 aromatic carbocycles. The lowest BCUT2D eigenvalue weighted by Gasteiger charge is -2.25. The maximum absolute atomic E-state index is 12.6. The quantitative estimate of drug-likeness (QED) is 0.701. The molecule has 1 saturated heterocycles. The highest BCUT2D eigenvalue weighted by Crippen LogP contribution is 2.50. The molecule has 1 N–H and O–H groups in total. The van der Waals surface area contributed by atoms with Crippen LogP contribution in [0.2, 0.25) is 0 Å². The Kier molecular flexibility index (Phi) is 4.72. The molecule has 150 valence electrons. The zero-order valence-corrected chi connectivity index (χ0v) is 17.2. The van der Waals surface area contributed by atoms with E-state index in [-0.39, 0.29) is 17.4 Å². The molecule has 6 nitrogen and oxygen atoms in total.